The van der Waals surface area contributed by atoms with Gasteiger partial charge in [-0.15, -0.1) is 0 Å². The predicted octanol–water partition coefficient (Wildman–Crippen LogP) is 10.2. The first kappa shape index (κ1) is 46.7. The molecule has 0 heterocycles. The molecule has 0 bridgehead atoms. The Labute approximate surface area is 298 Å². The van der Waals surface area contributed by atoms with E-state index >= 15 is 0 Å². The quantitative estimate of drug-likeness (QED) is 0.0290. The van der Waals surface area contributed by atoms with E-state index < -0.39 is 32.5 Å². The number of unbranched alkanes of at least 4 members (excludes halogenated alkanes) is 11. The van der Waals surface area contributed by atoms with Crippen LogP contribution in [0.1, 0.15) is 142 Å². The molecule has 3 N–H and O–H groups in total. The highest BCUT2D eigenvalue weighted by Gasteiger charge is 2.25. The number of hydrogen-bond acceptors (Lipinski definition) is 8. The van der Waals surface area contributed by atoms with Gasteiger partial charge in [-0.3, -0.25) is 18.6 Å². The van der Waals surface area contributed by atoms with Crippen LogP contribution < -0.4 is 5.73 Å². The molecule has 0 saturated heterocycles. The van der Waals surface area contributed by atoms with Crippen LogP contribution in [0, 0.1) is 0 Å². The minimum Gasteiger partial charge on any atom is -0.462 e. The highest BCUT2D eigenvalue weighted by Crippen LogP contribution is 2.43. The van der Waals surface area contributed by atoms with Crippen LogP contribution in [0.15, 0.2) is 60.8 Å². The van der Waals surface area contributed by atoms with E-state index in [1.807, 2.05) is 6.08 Å². The van der Waals surface area contributed by atoms with E-state index in [4.69, 9.17) is 24.3 Å². The minimum atomic E-state index is -4.38. The van der Waals surface area contributed by atoms with Gasteiger partial charge >= 0.3 is 19.8 Å². The number of carbonyl (C=O) groups is 2. The number of allylic oxidation sites excluding steroid dienone is 10. The molecule has 0 aliphatic rings. The van der Waals surface area contributed by atoms with Crippen LogP contribution in [0.3, 0.4) is 0 Å². The van der Waals surface area contributed by atoms with Crippen molar-refractivity contribution in [3.8, 4) is 0 Å². The molecule has 1 unspecified atom stereocenters. The van der Waals surface area contributed by atoms with Crippen LogP contribution in [0.2, 0.25) is 0 Å². The van der Waals surface area contributed by atoms with Gasteiger partial charge in [0.2, 0.25) is 0 Å². The SMILES string of the molecule is CC/C=C/C/C=C/C/C=C/C/C=C/C/C=C/CCCC(=O)OC[C@@H](COP(=O)(O)OCCN)OC(=O)CCCCCCCCCCCCC. The molecular formula is C39H68NO8P. The van der Waals surface area contributed by atoms with Crippen molar-refractivity contribution in [3.05, 3.63) is 60.8 Å². The van der Waals surface area contributed by atoms with Gasteiger partial charge in [-0.25, -0.2) is 4.57 Å². The van der Waals surface area contributed by atoms with Crippen molar-refractivity contribution in [3.63, 3.8) is 0 Å². The van der Waals surface area contributed by atoms with Gasteiger partial charge < -0.3 is 20.1 Å². The molecule has 0 spiro atoms. The topological polar surface area (TPSA) is 134 Å². The van der Waals surface area contributed by atoms with E-state index in [1.54, 1.807) is 0 Å². The van der Waals surface area contributed by atoms with Crippen molar-refractivity contribution in [2.75, 3.05) is 26.4 Å². The van der Waals surface area contributed by atoms with E-state index in [1.165, 1.54) is 44.9 Å². The fourth-order valence-corrected chi connectivity index (χ4v) is 5.43. The first-order valence-corrected chi connectivity index (χ1v) is 20.3. The number of esters is 2. The number of phosphoric ester groups is 1. The molecule has 0 rings (SSSR count). The summed E-state index contributed by atoms with van der Waals surface area (Å²) < 4.78 is 32.5. The highest BCUT2D eigenvalue weighted by atomic mass is 31.2. The lowest BCUT2D eigenvalue weighted by Gasteiger charge is -2.19. The third kappa shape index (κ3) is 35.3. The summed E-state index contributed by atoms with van der Waals surface area (Å²) in [6.45, 7) is 3.52. The number of ether oxygens (including phenoxy) is 2. The van der Waals surface area contributed by atoms with Crippen LogP contribution in [0.5, 0.6) is 0 Å². The summed E-state index contributed by atoms with van der Waals surface area (Å²) in [4.78, 5) is 34.6. The molecule has 0 aliphatic heterocycles. The van der Waals surface area contributed by atoms with Crippen LogP contribution >= 0.6 is 7.82 Å². The molecule has 9 nitrogen and oxygen atoms in total. The second-order valence-electron chi connectivity index (χ2n) is 12.1. The minimum absolute atomic E-state index is 0.0442. The fraction of sp³-hybridized carbons (Fsp3) is 0.692. The third-order valence-electron chi connectivity index (χ3n) is 7.42. The van der Waals surface area contributed by atoms with Gasteiger partial charge in [0.05, 0.1) is 13.2 Å². The number of carbonyl (C=O) groups excluding carboxylic acids is 2. The maximum Gasteiger partial charge on any atom is 0.472 e. The Morgan fingerprint density at radius 2 is 1.12 bits per heavy atom. The van der Waals surface area contributed by atoms with Crippen molar-refractivity contribution in [1.82, 2.24) is 0 Å². The van der Waals surface area contributed by atoms with E-state index in [0.29, 0.717) is 12.8 Å². The molecule has 2 atom stereocenters. The summed E-state index contributed by atoms with van der Waals surface area (Å²) in [7, 11) is -4.38. The third-order valence-corrected chi connectivity index (χ3v) is 8.40. The molecule has 49 heavy (non-hydrogen) atoms. The summed E-state index contributed by atoms with van der Waals surface area (Å²) in [6.07, 6.45) is 39.7. The zero-order chi connectivity index (χ0) is 36.1. The number of hydrogen-bond donors (Lipinski definition) is 2. The zero-order valence-electron chi connectivity index (χ0n) is 30.7. The molecule has 0 amide bonds. The zero-order valence-corrected chi connectivity index (χ0v) is 31.5. The van der Waals surface area contributed by atoms with Gasteiger partial charge in [0.1, 0.15) is 6.61 Å². The second-order valence-corrected chi connectivity index (χ2v) is 13.5. The second kappa shape index (κ2) is 35.5. The summed E-state index contributed by atoms with van der Waals surface area (Å²) in [5.74, 6) is -0.903. The Balaban J connectivity index is 4.33. The molecule has 0 fully saturated rings. The normalized spacial score (nSPS) is 14.1. The maximum absolute atomic E-state index is 12.5. The van der Waals surface area contributed by atoms with Crippen molar-refractivity contribution < 1.29 is 37.6 Å². The van der Waals surface area contributed by atoms with Gasteiger partial charge in [0.25, 0.3) is 0 Å². The smallest absolute Gasteiger partial charge is 0.462 e. The Morgan fingerprint density at radius 3 is 1.65 bits per heavy atom. The van der Waals surface area contributed by atoms with Gasteiger partial charge in [-0.1, -0.05) is 139 Å². The van der Waals surface area contributed by atoms with Crippen molar-refractivity contribution in [2.45, 2.75) is 148 Å². The highest BCUT2D eigenvalue weighted by molar-refractivity contribution is 7.47. The Kier molecular flexibility index (Phi) is 33.9. The molecule has 10 heteroatoms. The molecular weight excluding hydrogens is 641 g/mol. The number of rotatable bonds is 34. The van der Waals surface area contributed by atoms with E-state index in [-0.39, 0.29) is 32.6 Å². The van der Waals surface area contributed by atoms with Gasteiger partial charge in [0, 0.05) is 19.4 Å². The standard InChI is InChI=1S/C39H68NO8P/c1-3-5-7-9-11-13-15-16-17-18-19-20-22-23-25-27-29-31-38(41)45-35-37(36-47-49(43,44)46-34-33-40)48-39(42)32-30-28-26-24-21-14-12-10-8-6-4-2/h5,7,11,13,16-17,19-20,23,25,37H,3-4,6,8-10,12,14-15,18,21-22,24,26-36,40H2,1-2H3,(H,43,44)/b7-5+,13-11+,17-16+,20-19+,25-23+/t37-/m0/s1. The van der Waals surface area contributed by atoms with E-state index in [2.05, 4.69) is 68.5 Å². The molecule has 0 saturated carbocycles. The molecule has 0 aromatic rings. The van der Waals surface area contributed by atoms with Crippen LogP contribution in [-0.4, -0.2) is 49.3 Å². The predicted molar refractivity (Wildman–Crippen MR) is 201 cm³/mol. The summed E-state index contributed by atoms with van der Waals surface area (Å²) >= 11 is 0. The monoisotopic (exact) mass is 709 g/mol. The summed E-state index contributed by atoms with van der Waals surface area (Å²) in [5, 5.41) is 0. The summed E-state index contributed by atoms with van der Waals surface area (Å²) in [6, 6.07) is 0. The lowest BCUT2D eigenvalue weighted by atomic mass is 10.1. The average Bonchev–Trinajstić information content (AvgIpc) is 3.08. The molecule has 0 aromatic carbocycles. The Hall–Kier alpha value is -2.29. The van der Waals surface area contributed by atoms with Gasteiger partial charge in [-0.2, -0.15) is 0 Å². The fourth-order valence-electron chi connectivity index (χ4n) is 4.67. The van der Waals surface area contributed by atoms with Crippen LogP contribution in [-0.2, 0) is 32.7 Å². The van der Waals surface area contributed by atoms with Crippen molar-refractivity contribution in [2.24, 2.45) is 5.73 Å². The molecule has 0 radical (unpaired) electrons. The first-order chi connectivity index (χ1) is 23.8. The van der Waals surface area contributed by atoms with Gasteiger partial charge in [-0.05, 0) is 51.4 Å². The number of nitrogens with two attached hydrogens (primary N) is 1. The Bertz CT molecular complexity index is 992. The van der Waals surface area contributed by atoms with Crippen molar-refractivity contribution >= 4 is 19.8 Å². The lowest BCUT2D eigenvalue weighted by molar-refractivity contribution is -0.161. The maximum atomic E-state index is 12.5. The van der Waals surface area contributed by atoms with Crippen LogP contribution in [0.25, 0.3) is 0 Å². The molecule has 0 aromatic heterocycles. The van der Waals surface area contributed by atoms with Gasteiger partial charge in [0.15, 0.2) is 6.10 Å². The summed E-state index contributed by atoms with van der Waals surface area (Å²) in [5.41, 5.74) is 5.32. The first-order valence-electron chi connectivity index (χ1n) is 18.8. The van der Waals surface area contributed by atoms with Crippen molar-refractivity contribution in [1.29, 1.82) is 0 Å². The van der Waals surface area contributed by atoms with E-state index in [9.17, 15) is 19.0 Å². The molecule has 282 valence electrons. The Morgan fingerprint density at radius 1 is 0.633 bits per heavy atom. The average molecular weight is 710 g/mol. The van der Waals surface area contributed by atoms with Crippen LogP contribution in [0.4, 0.5) is 0 Å². The lowest BCUT2D eigenvalue weighted by Crippen LogP contribution is -2.29. The number of phosphoric acid groups is 1. The largest absolute Gasteiger partial charge is 0.472 e. The molecule has 0 aliphatic carbocycles. The van der Waals surface area contributed by atoms with E-state index in [0.717, 1.165) is 57.8 Å².